The van der Waals surface area contributed by atoms with E-state index in [0.29, 0.717) is 44.2 Å². The van der Waals surface area contributed by atoms with Crippen molar-refractivity contribution >= 4 is 53.2 Å². The molecule has 0 spiro atoms. The number of aromatic hydroxyl groups is 1. The molecule has 0 aliphatic heterocycles. The third-order valence-electron chi connectivity index (χ3n) is 12.3. The van der Waals surface area contributed by atoms with Gasteiger partial charge in [0.05, 0.1) is 13.1 Å². The van der Waals surface area contributed by atoms with Crippen molar-refractivity contribution in [1.29, 1.82) is 0 Å². The summed E-state index contributed by atoms with van der Waals surface area (Å²) in [5.41, 5.74) is 22.9. The average Bonchev–Trinajstić information content (AvgIpc) is 3.34. The Kier molecular flexibility index (Phi) is 35.4. The van der Waals surface area contributed by atoms with E-state index in [0.717, 1.165) is 19.3 Å². The zero-order valence-corrected chi connectivity index (χ0v) is 44.0. The van der Waals surface area contributed by atoms with Gasteiger partial charge in [0.15, 0.2) is 0 Å². The van der Waals surface area contributed by atoms with Crippen molar-refractivity contribution in [2.45, 2.75) is 205 Å². The highest BCUT2D eigenvalue weighted by Crippen LogP contribution is 2.15. The summed E-state index contributed by atoms with van der Waals surface area (Å²) in [7, 11) is 0. The van der Waals surface area contributed by atoms with Gasteiger partial charge in [-0.05, 0) is 94.5 Å². The van der Waals surface area contributed by atoms with Gasteiger partial charge in [-0.25, -0.2) is 0 Å². The van der Waals surface area contributed by atoms with Gasteiger partial charge in [0.1, 0.15) is 36.0 Å². The van der Waals surface area contributed by atoms with E-state index in [1.54, 1.807) is 0 Å². The van der Waals surface area contributed by atoms with Crippen LogP contribution in [0, 0.1) is 5.92 Å². The fourth-order valence-electron chi connectivity index (χ4n) is 8.02. The molecule has 0 fully saturated rings. The molecule has 21 nitrogen and oxygen atoms in total. The first-order chi connectivity index (χ1) is 34.9. The van der Waals surface area contributed by atoms with E-state index in [-0.39, 0.29) is 75.6 Å². The maximum atomic E-state index is 14.1. The average molecular weight is 1030 g/mol. The fourth-order valence-corrected chi connectivity index (χ4v) is 8.02. The van der Waals surface area contributed by atoms with Gasteiger partial charge in [0.25, 0.3) is 0 Å². The second-order valence-corrected chi connectivity index (χ2v) is 19.4. The van der Waals surface area contributed by atoms with Gasteiger partial charge in [-0.2, -0.15) is 0 Å². The Morgan fingerprint density at radius 2 is 0.904 bits per heavy atom. The van der Waals surface area contributed by atoms with E-state index >= 15 is 0 Å². The number of amides is 9. The summed E-state index contributed by atoms with van der Waals surface area (Å²) >= 11 is 0. The first kappa shape index (κ1) is 65.2. The summed E-state index contributed by atoms with van der Waals surface area (Å²) in [4.78, 5) is 118. The molecule has 1 aromatic carbocycles. The van der Waals surface area contributed by atoms with Crippen molar-refractivity contribution in [2.75, 3.05) is 26.2 Å². The van der Waals surface area contributed by atoms with Crippen LogP contribution in [0.4, 0.5) is 0 Å². The highest BCUT2D eigenvalue weighted by atomic mass is 16.3. The SMILES string of the molecule is CCCCCCCCCCCCCCCC(=O)NCC(=O)NCC(=O)N[C@@H](Cc1ccc(O)cc1)C(=O)N[C@@H](CCC(N)=O)C(=O)N[C@@H](CCCCN)C(=O)N[C@@H](CCCCN)C(=O)N[C@@H](CC(C)C)C(N)=O. The number of carbonyl (C=O) groups is 9. The van der Waals surface area contributed by atoms with E-state index in [1.807, 2.05) is 13.8 Å². The van der Waals surface area contributed by atoms with E-state index in [9.17, 15) is 48.3 Å². The second-order valence-electron chi connectivity index (χ2n) is 19.4. The molecule has 0 unspecified atom stereocenters. The van der Waals surface area contributed by atoms with E-state index in [2.05, 4.69) is 44.1 Å². The molecule has 0 radical (unpaired) electrons. The number of phenolic OH excluding ortho intramolecular Hbond substituents is 1. The molecule has 0 aromatic heterocycles. The summed E-state index contributed by atoms with van der Waals surface area (Å²) in [5, 5.41) is 28.0. The maximum absolute atomic E-state index is 14.1. The molecule has 16 N–H and O–H groups in total. The highest BCUT2D eigenvalue weighted by Gasteiger charge is 2.33. The van der Waals surface area contributed by atoms with E-state index in [4.69, 9.17) is 22.9 Å². The predicted molar refractivity (Wildman–Crippen MR) is 281 cm³/mol. The zero-order valence-electron chi connectivity index (χ0n) is 44.0. The molecule has 0 aliphatic carbocycles. The molecule has 0 aliphatic rings. The smallest absolute Gasteiger partial charge is 0.243 e. The number of rotatable bonds is 43. The van der Waals surface area contributed by atoms with Crippen LogP contribution < -0.4 is 60.2 Å². The number of primary amides is 2. The Morgan fingerprint density at radius 1 is 0.479 bits per heavy atom. The second kappa shape index (κ2) is 39.7. The molecular weight excluding hydrogens is 939 g/mol. The lowest BCUT2D eigenvalue weighted by Crippen LogP contribution is -2.59. The quantitative estimate of drug-likeness (QED) is 0.0419. The number of phenols is 1. The van der Waals surface area contributed by atoms with Crippen LogP contribution in [0.2, 0.25) is 0 Å². The van der Waals surface area contributed by atoms with Gasteiger partial charge in [-0.1, -0.05) is 110 Å². The molecule has 73 heavy (non-hydrogen) atoms. The first-order valence-electron chi connectivity index (χ1n) is 26.7. The molecule has 0 saturated heterocycles. The van der Waals surface area contributed by atoms with Gasteiger partial charge in [-0.15, -0.1) is 0 Å². The van der Waals surface area contributed by atoms with Crippen LogP contribution in [0.15, 0.2) is 24.3 Å². The minimum absolute atomic E-state index is 0.00952. The normalized spacial score (nSPS) is 13.1. The Bertz CT molecular complexity index is 1820. The van der Waals surface area contributed by atoms with Crippen LogP contribution in [0.3, 0.4) is 0 Å². The molecule has 1 aromatic rings. The molecular formula is C52H91N11O10. The lowest BCUT2D eigenvalue weighted by Gasteiger charge is -2.27. The number of nitrogens with two attached hydrogens (primary N) is 4. The van der Waals surface area contributed by atoms with E-state index < -0.39 is 84.0 Å². The number of benzene rings is 1. The molecule has 0 bridgehead atoms. The lowest BCUT2D eigenvalue weighted by atomic mass is 10.0. The molecule has 1 rings (SSSR count). The molecule has 0 saturated carbocycles. The van der Waals surface area contributed by atoms with Crippen LogP contribution in [0.5, 0.6) is 5.75 Å². The Morgan fingerprint density at radius 3 is 1.36 bits per heavy atom. The molecule has 21 heteroatoms. The summed E-state index contributed by atoms with van der Waals surface area (Å²) < 4.78 is 0. The standard InChI is InChI=1S/C52H91N11O10/c1-4-5-6-7-8-9-10-11-12-13-14-15-16-23-45(66)57-34-46(67)58-35-47(68)59-43(33-37-24-26-38(64)27-25-37)52(73)62-41(28-29-44(55)65)51(72)61-39(21-17-19-30-53)49(70)60-40(22-18-20-31-54)50(71)63-42(48(56)69)32-36(2)3/h24-27,36,39-43,64H,4-23,28-35,53-54H2,1-3H3,(H2,55,65)(H2,56,69)(H,57,66)(H,58,67)(H,59,68)(H,60,70)(H,61,72)(H,62,73)(H,63,71)/t39-,40-,41-,42-,43-/m0/s1. The van der Waals surface area contributed by atoms with Crippen molar-refractivity contribution in [3.8, 4) is 5.75 Å². The summed E-state index contributed by atoms with van der Waals surface area (Å²) in [6.07, 6.45) is 17.1. The summed E-state index contributed by atoms with van der Waals surface area (Å²) in [5.74, 6) is -6.42. The minimum Gasteiger partial charge on any atom is -0.508 e. The van der Waals surface area contributed by atoms with Crippen molar-refractivity contribution in [3.05, 3.63) is 29.8 Å². The van der Waals surface area contributed by atoms with Crippen molar-refractivity contribution in [1.82, 2.24) is 37.2 Å². The third kappa shape index (κ3) is 32.1. The Hall–Kier alpha value is -5.83. The summed E-state index contributed by atoms with van der Waals surface area (Å²) in [6, 6.07) is -0.433. The number of hydrogen-bond donors (Lipinski definition) is 12. The van der Waals surface area contributed by atoms with Gasteiger partial charge in [0.2, 0.25) is 53.2 Å². The first-order valence-corrected chi connectivity index (χ1v) is 26.7. The van der Waals surface area contributed by atoms with Gasteiger partial charge >= 0.3 is 0 Å². The fraction of sp³-hybridized carbons (Fsp3) is 0.712. The number of unbranched alkanes of at least 4 members (excludes halogenated alkanes) is 14. The topological polar surface area (TPSA) is 362 Å². The number of nitrogens with one attached hydrogen (secondary N) is 7. The van der Waals surface area contributed by atoms with Crippen LogP contribution in [0.25, 0.3) is 0 Å². The molecule has 5 atom stereocenters. The maximum Gasteiger partial charge on any atom is 0.243 e. The zero-order chi connectivity index (χ0) is 54.4. The Labute approximate surface area is 433 Å². The number of carbonyl (C=O) groups excluding carboxylic acids is 9. The molecule has 9 amide bonds. The highest BCUT2D eigenvalue weighted by molar-refractivity contribution is 5.97. The van der Waals surface area contributed by atoms with Crippen LogP contribution in [0.1, 0.15) is 174 Å². The predicted octanol–water partition coefficient (Wildman–Crippen LogP) is 2.13. The van der Waals surface area contributed by atoms with E-state index in [1.165, 1.54) is 82.1 Å². The molecule has 414 valence electrons. The van der Waals surface area contributed by atoms with Crippen molar-refractivity contribution in [2.24, 2.45) is 28.9 Å². The monoisotopic (exact) mass is 1030 g/mol. The van der Waals surface area contributed by atoms with Crippen LogP contribution in [-0.4, -0.2) is 115 Å². The third-order valence-corrected chi connectivity index (χ3v) is 12.3. The summed E-state index contributed by atoms with van der Waals surface area (Å²) in [6.45, 7) is 5.62. The van der Waals surface area contributed by atoms with Gasteiger partial charge < -0.3 is 65.3 Å². The number of hydrogen-bond acceptors (Lipinski definition) is 12. The van der Waals surface area contributed by atoms with Gasteiger partial charge in [-0.3, -0.25) is 43.2 Å². The van der Waals surface area contributed by atoms with Crippen LogP contribution >= 0.6 is 0 Å². The van der Waals surface area contributed by atoms with Crippen molar-refractivity contribution < 1.29 is 48.3 Å². The largest absolute Gasteiger partial charge is 0.508 e. The van der Waals surface area contributed by atoms with Gasteiger partial charge in [0, 0.05) is 19.3 Å². The van der Waals surface area contributed by atoms with Crippen molar-refractivity contribution in [3.63, 3.8) is 0 Å². The lowest BCUT2D eigenvalue weighted by molar-refractivity contribution is -0.135. The minimum atomic E-state index is -1.47. The molecule has 0 heterocycles. The Balaban J connectivity index is 3.04. The van der Waals surface area contributed by atoms with Crippen LogP contribution in [-0.2, 0) is 49.6 Å².